The summed E-state index contributed by atoms with van der Waals surface area (Å²) in [6.07, 6.45) is 0. The van der Waals surface area contributed by atoms with Crippen molar-refractivity contribution in [2.24, 2.45) is 0 Å². The summed E-state index contributed by atoms with van der Waals surface area (Å²) in [5, 5.41) is 2.64. The first-order valence-electron chi connectivity index (χ1n) is 8.68. The summed E-state index contributed by atoms with van der Waals surface area (Å²) in [6.45, 7) is 0.985. The van der Waals surface area contributed by atoms with Crippen molar-refractivity contribution in [2.45, 2.75) is 13.5 Å². The Balaban J connectivity index is 1.75. The number of nitrogens with one attached hydrogen (secondary N) is 1. The van der Waals surface area contributed by atoms with Crippen LogP contribution in [-0.2, 0) is 26.2 Å². The van der Waals surface area contributed by atoms with Gasteiger partial charge in [-0.05, 0) is 30.7 Å². The van der Waals surface area contributed by atoms with Gasteiger partial charge in [-0.3, -0.25) is 9.59 Å². The third-order valence-electron chi connectivity index (χ3n) is 4.48. The number of halogens is 1. The first kappa shape index (κ1) is 21.1. The first-order chi connectivity index (χ1) is 13.8. The van der Waals surface area contributed by atoms with Gasteiger partial charge in [0.25, 0.3) is 15.9 Å². The standard InChI is InChI=1S/C20H19BrN2O5S/c1-13-19(14-6-4-3-5-7-14)29(26,27)23(20(13)25)12-18(24)22-11-15-10-16(21)8-9-17(15)28-2/h3-10H,11-12H2,1-2H3,(H,22,24). The molecule has 1 aliphatic heterocycles. The Morgan fingerprint density at radius 2 is 1.86 bits per heavy atom. The van der Waals surface area contributed by atoms with E-state index in [2.05, 4.69) is 21.2 Å². The van der Waals surface area contributed by atoms with Crippen molar-refractivity contribution in [2.75, 3.05) is 13.7 Å². The van der Waals surface area contributed by atoms with E-state index in [9.17, 15) is 18.0 Å². The second kappa shape index (κ2) is 8.38. The van der Waals surface area contributed by atoms with Gasteiger partial charge in [0.15, 0.2) is 0 Å². The zero-order valence-corrected chi connectivity index (χ0v) is 18.2. The molecule has 2 amide bonds. The molecule has 0 unspecified atom stereocenters. The molecule has 0 spiro atoms. The highest BCUT2D eigenvalue weighted by Gasteiger charge is 2.43. The Morgan fingerprint density at radius 3 is 2.52 bits per heavy atom. The molecular weight excluding hydrogens is 460 g/mol. The smallest absolute Gasteiger partial charge is 0.268 e. The molecule has 3 rings (SSSR count). The molecule has 152 valence electrons. The van der Waals surface area contributed by atoms with E-state index in [1.54, 1.807) is 48.5 Å². The van der Waals surface area contributed by atoms with Crippen LogP contribution in [0.15, 0.2) is 58.6 Å². The molecule has 2 aromatic rings. The van der Waals surface area contributed by atoms with E-state index in [0.29, 0.717) is 21.2 Å². The quantitative estimate of drug-likeness (QED) is 0.688. The van der Waals surface area contributed by atoms with Gasteiger partial charge in [-0.15, -0.1) is 0 Å². The van der Waals surface area contributed by atoms with Crippen LogP contribution >= 0.6 is 15.9 Å². The van der Waals surface area contributed by atoms with Gasteiger partial charge in [-0.25, -0.2) is 12.7 Å². The predicted octanol–water partition coefficient (Wildman–Crippen LogP) is 2.68. The van der Waals surface area contributed by atoms with Crippen molar-refractivity contribution < 1.29 is 22.7 Å². The largest absolute Gasteiger partial charge is 0.496 e. The van der Waals surface area contributed by atoms with Gasteiger partial charge in [0.2, 0.25) is 5.91 Å². The molecule has 1 N–H and O–H groups in total. The predicted molar refractivity (Wildman–Crippen MR) is 112 cm³/mol. The molecule has 7 nitrogen and oxygen atoms in total. The van der Waals surface area contributed by atoms with Gasteiger partial charge >= 0.3 is 0 Å². The maximum Gasteiger partial charge on any atom is 0.268 e. The second-order valence-corrected chi connectivity index (χ2v) is 9.08. The minimum Gasteiger partial charge on any atom is -0.496 e. The van der Waals surface area contributed by atoms with Crippen LogP contribution in [0.4, 0.5) is 0 Å². The average molecular weight is 479 g/mol. The van der Waals surface area contributed by atoms with Crippen molar-refractivity contribution in [3.8, 4) is 5.75 Å². The van der Waals surface area contributed by atoms with E-state index in [1.165, 1.54) is 14.0 Å². The maximum absolute atomic E-state index is 12.9. The van der Waals surface area contributed by atoms with Crippen LogP contribution in [0.3, 0.4) is 0 Å². The van der Waals surface area contributed by atoms with Crippen molar-refractivity contribution in [1.82, 2.24) is 9.62 Å². The van der Waals surface area contributed by atoms with Crippen molar-refractivity contribution in [3.63, 3.8) is 0 Å². The Kier molecular flexibility index (Phi) is 6.09. The maximum atomic E-state index is 12.9. The molecule has 1 heterocycles. The van der Waals surface area contributed by atoms with Crippen LogP contribution < -0.4 is 10.1 Å². The van der Waals surface area contributed by atoms with E-state index in [-0.39, 0.29) is 17.0 Å². The van der Waals surface area contributed by atoms with E-state index >= 15 is 0 Å². The van der Waals surface area contributed by atoms with Crippen LogP contribution in [0.5, 0.6) is 5.75 Å². The summed E-state index contributed by atoms with van der Waals surface area (Å²) in [5.74, 6) is -0.702. The van der Waals surface area contributed by atoms with Crippen LogP contribution in [-0.4, -0.2) is 38.2 Å². The molecule has 2 aromatic carbocycles. The highest BCUT2D eigenvalue weighted by molar-refractivity contribution is 9.10. The number of hydrogen-bond acceptors (Lipinski definition) is 5. The number of sulfonamides is 1. The van der Waals surface area contributed by atoms with Crippen molar-refractivity contribution >= 4 is 42.7 Å². The zero-order chi connectivity index (χ0) is 21.2. The van der Waals surface area contributed by atoms with Gasteiger partial charge in [-0.1, -0.05) is 46.3 Å². The molecule has 1 aliphatic rings. The van der Waals surface area contributed by atoms with Crippen molar-refractivity contribution in [3.05, 3.63) is 69.7 Å². The second-order valence-electron chi connectivity index (χ2n) is 6.37. The van der Waals surface area contributed by atoms with Crippen molar-refractivity contribution in [1.29, 1.82) is 0 Å². The third-order valence-corrected chi connectivity index (χ3v) is 6.90. The normalized spacial score (nSPS) is 15.6. The van der Waals surface area contributed by atoms with E-state index in [1.807, 2.05) is 0 Å². The molecule has 0 aliphatic carbocycles. The Bertz CT molecular complexity index is 1100. The lowest BCUT2D eigenvalue weighted by Crippen LogP contribution is -2.40. The highest BCUT2D eigenvalue weighted by atomic mass is 79.9. The van der Waals surface area contributed by atoms with Gasteiger partial charge in [0, 0.05) is 22.2 Å². The van der Waals surface area contributed by atoms with Crippen LogP contribution in [0.25, 0.3) is 4.91 Å². The summed E-state index contributed by atoms with van der Waals surface area (Å²) in [6, 6.07) is 13.7. The van der Waals surface area contributed by atoms with Gasteiger partial charge in [0.05, 0.1) is 7.11 Å². The summed E-state index contributed by atoms with van der Waals surface area (Å²) in [4.78, 5) is 24.9. The zero-order valence-electron chi connectivity index (χ0n) is 15.8. The molecular formula is C20H19BrN2O5S. The fraction of sp³-hybridized carbons (Fsp3) is 0.200. The van der Waals surface area contributed by atoms with Gasteiger partial charge < -0.3 is 10.1 Å². The monoisotopic (exact) mass is 478 g/mol. The molecule has 0 atom stereocenters. The summed E-state index contributed by atoms with van der Waals surface area (Å²) >= 11 is 3.36. The lowest BCUT2D eigenvalue weighted by molar-refractivity contribution is -0.128. The number of ether oxygens (including phenoxy) is 1. The molecule has 0 radical (unpaired) electrons. The van der Waals surface area contributed by atoms with Gasteiger partial charge in [0.1, 0.15) is 17.2 Å². The lowest BCUT2D eigenvalue weighted by Gasteiger charge is -2.17. The molecule has 0 fully saturated rings. The fourth-order valence-corrected chi connectivity index (χ4v) is 5.25. The number of carbonyl (C=O) groups excluding carboxylic acids is 2. The number of rotatable bonds is 6. The molecule has 0 aromatic heterocycles. The van der Waals surface area contributed by atoms with Gasteiger partial charge in [-0.2, -0.15) is 0 Å². The SMILES string of the molecule is COc1ccc(Br)cc1CNC(=O)CN1C(=O)C(C)=C(c2ccccc2)S1(=O)=O. The van der Waals surface area contributed by atoms with Crippen LogP contribution in [0.1, 0.15) is 18.1 Å². The molecule has 0 bridgehead atoms. The number of methoxy groups -OCH3 is 1. The minimum atomic E-state index is -4.11. The lowest BCUT2D eigenvalue weighted by atomic mass is 10.1. The molecule has 0 saturated heterocycles. The number of amides is 2. The Labute approximate surface area is 177 Å². The van der Waals surface area contributed by atoms with E-state index in [0.717, 1.165) is 4.47 Å². The molecule has 0 saturated carbocycles. The number of hydrogen-bond donors (Lipinski definition) is 1. The Hall–Kier alpha value is -2.65. The summed E-state index contributed by atoms with van der Waals surface area (Å²) in [5.41, 5.74) is 1.22. The van der Waals surface area contributed by atoms with E-state index in [4.69, 9.17) is 4.74 Å². The van der Waals surface area contributed by atoms with E-state index < -0.39 is 28.4 Å². The summed E-state index contributed by atoms with van der Waals surface area (Å²) < 4.78 is 32.5. The molecule has 9 heteroatoms. The third kappa shape index (κ3) is 4.20. The Morgan fingerprint density at radius 1 is 1.17 bits per heavy atom. The average Bonchev–Trinajstić information content (AvgIpc) is 2.86. The number of carbonyl (C=O) groups is 2. The summed E-state index contributed by atoms with van der Waals surface area (Å²) in [7, 11) is -2.59. The highest BCUT2D eigenvalue weighted by Crippen LogP contribution is 2.35. The number of nitrogens with zero attached hydrogens (tertiary/aromatic N) is 1. The van der Waals surface area contributed by atoms with Crippen LogP contribution in [0, 0.1) is 0 Å². The number of benzene rings is 2. The first-order valence-corrected chi connectivity index (χ1v) is 10.9. The topological polar surface area (TPSA) is 92.8 Å². The molecule has 29 heavy (non-hydrogen) atoms. The minimum absolute atomic E-state index is 0.0652. The van der Waals surface area contributed by atoms with Crippen LogP contribution in [0.2, 0.25) is 0 Å². The fourth-order valence-electron chi connectivity index (χ4n) is 3.07.